The number of carbonyl (C=O) groups excluding carboxylic acids is 1. The molecule has 2 heterocycles. The molecule has 10 heteroatoms. The number of nitrogens with one attached hydrogen (secondary N) is 1. The Kier molecular flexibility index (Phi) is 6.81. The zero-order valence-corrected chi connectivity index (χ0v) is 19.5. The minimum Gasteiger partial charge on any atom is -0.497 e. The van der Waals surface area contributed by atoms with Crippen LogP contribution >= 0.6 is 23.1 Å². The van der Waals surface area contributed by atoms with Crippen LogP contribution in [0.5, 0.6) is 5.75 Å². The van der Waals surface area contributed by atoms with Gasteiger partial charge in [-0.1, -0.05) is 52.9 Å². The maximum absolute atomic E-state index is 12.4. The maximum Gasteiger partial charge on any atom is 0.282 e. The highest BCUT2D eigenvalue weighted by Gasteiger charge is 2.15. The van der Waals surface area contributed by atoms with E-state index in [0.29, 0.717) is 17.3 Å². The summed E-state index contributed by atoms with van der Waals surface area (Å²) in [5.41, 5.74) is 3.18. The van der Waals surface area contributed by atoms with E-state index in [9.17, 15) is 4.79 Å². The summed E-state index contributed by atoms with van der Waals surface area (Å²) >= 11 is 2.79. The van der Waals surface area contributed by atoms with Crippen LogP contribution in [0.1, 0.15) is 25.9 Å². The second-order valence-corrected chi connectivity index (χ2v) is 9.06. The number of hydrogen-bond acceptors (Lipinski definition) is 8. The Labute approximate surface area is 194 Å². The fourth-order valence-electron chi connectivity index (χ4n) is 2.93. The van der Waals surface area contributed by atoms with Crippen LogP contribution in [0, 0.1) is 6.92 Å². The summed E-state index contributed by atoms with van der Waals surface area (Å²) < 4.78 is 7.13. The summed E-state index contributed by atoms with van der Waals surface area (Å²) in [7, 11) is 3.56. The highest BCUT2D eigenvalue weighted by atomic mass is 32.2. The highest BCUT2D eigenvalue weighted by molar-refractivity contribution is 7.98. The fourth-order valence-corrected chi connectivity index (χ4v) is 4.58. The molecule has 164 valence electrons. The van der Waals surface area contributed by atoms with E-state index in [4.69, 9.17) is 4.74 Å². The Morgan fingerprint density at radius 2 is 1.81 bits per heavy atom. The lowest BCUT2D eigenvalue weighted by molar-refractivity contribution is 0.0950. The van der Waals surface area contributed by atoms with Crippen LogP contribution in [0.15, 0.2) is 53.7 Å². The maximum atomic E-state index is 12.4. The van der Waals surface area contributed by atoms with Crippen molar-refractivity contribution >= 4 is 29.0 Å². The van der Waals surface area contributed by atoms with Gasteiger partial charge in [-0.05, 0) is 36.8 Å². The van der Waals surface area contributed by atoms with Crippen molar-refractivity contribution in [3.05, 3.63) is 69.7 Å². The van der Waals surface area contributed by atoms with Crippen LogP contribution < -0.4 is 10.1 Å². The number of thioether (sulfide) groups is 1. The number of ether oxygens (including phenoxy) is 1. The number of carbonyl (C=O) groups is 1. The quantitative estimate of drug-likeness (QED) is 0.394. The molecule has 8 nitrogen and oxygen atoms in total. The third-order valence-corrected chi connectivity index (χ3v) is 6.88. The average molecular weight is 467 g/mol. The van der Waals surface area contributed by atoms with Gasteiger partial charge in [0.1, 0.15) is 10.8 Å². The van der Waals surface area contributed by atoms with Crippen molar-refractivity contribution in [2.45, 2.75) is 24.4 Å². The first kappa shape index (κ1) is 22.0. The number of methoxy groups -OCH3 is 1. The molecule has 0 spiro atoms. The Hall–Kier alpha value is -3.24. The molecule has 32 heavy (non-hydrogen) atoms. The van der Waals surface area contributed by atoms with E-state index in [1.165, 1.54) is 28.7 Å². The molecule has 0 saturated heterocycles. The lowest BCUT2D eigenvalue weighted by Gasteiger charge is -2.04. The molecule has 0 atom stereocenters. The second-order valence-electron chi connectivity index (χ2n) is 7.05. The summed E-state index contributed by atoms with van der Waals surface area (Å²) in [5.74, 6) is 1.89. The zero-order valence-electron chi connectivity index (χ0n) is 17.9. The lowest BCUT2D eigenvalue weighted by Crippen LogP contribution is -2.22. The van der Waals surface area contributed by atoms with Gasteiger partial charge in [0.25, 0.3) is 5.91 Å². The molecule has 0 radical (unpaired) electrons. The van der Waals surface area contributed by atoms with Crippen LogP contribution in [-0.2, 0) is 19.3 Å². The van der Waals surface area contributed by atoms with Crippen molar-refractivity contribution in [1.29, 1.82) is 0 Å². The number of aromatic nitrogens is 5. The van der Waals surface area contributed by atoms with Crippen molar-refractivity contribution in [1.82, 2.24) is 30.3 Å². The van der Waals surface area contributed by atoms with Crippen molar-refractivity contribution in [3.63, 3.8) is 0 Å². The summed E-state index contributed by atoms with van der Waals surface area (Å²) in [6.45, 7) is 2.49. The van der Waals surface area contributed by atoms with Crippen LogP contribution in [-0.4, -0.2) is 38.0 Å². The van der Waals surface area contributed by atoms with Crippen molar-refractivity contribution in [3.8, 4) is 17.1 Å². The van der Waals surface area contributed by atoms with Crippen molar-refractivity contribution in [2.75, 3.05) is 7.11 Å². The van der Waals surface area contributed by atoms with Gasteiger partial charge in [-0.15, -0.1) is 20.4 Å². The standard InChI is InChI=1S/C22H22N6O2S2/c1-14-4-6-15(7-5-14)12-23-20(29)21-26-24-18(32-21)13-31-22-27-25-19(28(22)2)16-8-10-17(30-3)11-9-16/h4-11H,12-13H2,1-3H3,(H,23,29). The summed E-state index contributed by atoms with van der Waals surface area (Å²) in [4.78, 5) is 12.4. The van der Waals surface area contributed by atoms with Crippen LogP contribution in [0.3, 0.4) is 0 Å². The third kappa shape index (κ3) is 5.14. The molecule has 0 unspecified atom stereocenters. The average Bonchev–Trinajstić information content (AvgIpc) is 3.44. The van der Waals surface area contributed by atoms with Gasteiger partial charge in [0.2, 0.25) is 5.01 Å². The molecular weight excluding hydrogens is 444 g/mol. The first-order chi connectivity index (χ1) is 15.5. The highest BCUT2D eigenvalue weighted by Crippen LogP contribution is 2.27. The van der Waals surface area contributed by atoms with E-state index >= 15 is 0 Å². The topological polar surface area (TPSA) is 94.8 Å². The first-order valence-corrected chi connectivity index (χ1v) is 11.7. The molecule has 0 aliphatic carbocycles. The number of rotatable bonds is 8. The Balaban J connectivity index is 1.34. The molecule has 4 rings (SSSR count). The van der Waals surface area contributed by atoms with E-state index < -0.39 is 0 Å². The van der Waals surface area contributed by atoms with Crippen LogP contribution in [0.25, 0.3) is 11.4 Å². The number of benzene rings is 2. The molecular formula is C22H22N6O2S2. The minimum atomic E-state index is -0.222. The first-order valence-electron chi connectivity index (χ1n) is 9.86. The molecule has 0 fully saturated rings. The van der Waals surface area contributed by atoms with Gasteiger partial charge >= 0.3 is 0 Å². The lowest BCUT2D eigenvalue weighted by atomic mass is 10.1. The number of hydrogen-bond donors (Lipinski definition) is 1. The molecule has 0 saturated carbocycles. The van der Waals surface area contributed by atoms with Crippen LogP contribution in [0.4, 0.5) is 0 Å². The Morgan fingerprint density at radius 3 is 2.53 bits per heavy atom. The predicted octanol–water partition coefficient (Wildman–Crippen LogP) is 3.87. The minimum absolute atomic E-state index is 0.222. The normalized spacial score (nSPS) is 10.8. The molecule has 2 aromatic heterocycles. The van der Waals surface area contributed by atoms with Crippen molar-refractivity contribution in [2.24, 2.45) is 7.05 Å². The number of aryl methyl sites for hydroxylation is 1. The van der Waals surface area contributed by atoms with Gasteiger partial charge in [-0.2, -0.15) is 0 Å². The molecule has 4 aromatic rings. The summed E-state index contributed by atoms with van der Waals surface area (Å²) in [5, 5.41) is 21.5. The smallest absolute Gasteiger partial charge is 0.282 e. The number of nitrogens with zero attached hydrogens (tertiary/aromatic N) is 5. The SMILES string of the molecule is COc1ccc(-c2nnc(SCc3nnc(C(=O)NCc4ccc(C)cc4)s3)n2C)cc1. The fraction of sp³-hybridized carbons (Fsp3) is 0.227. The van der Waals surface area contributed by atoms with Crippen molar-refractivity contribution < 1.29 is 9.53 Å². The molecule has 1 N–H and O–H groups in total. The van der Waals surface area contributed by atoms with Gasteiger partial charge < -0.3 is 14.6 Å². The van der Waals surface area contributed by atoms with Crippen LogP contribution in [0.2, 0.25) is 0 Å². The van der Waals surface area contributed by atoms with Gasteiger partial charge in [0, 0.05) is 19.2 Å². The van der Waals surface area contributed by atoms with E-state index in [1.807, 2.05) is 67.1 Å². The van der Waals surface area contributed by atoms with Gasteiger partial charge in [-0.25, -0.2) is 0 Å². The second kappa shape index (κ2) is 9.92. The summed E-state index contributed by atoms with van der Waals surface area (Å²) in [6, 6.07) is 15.7. The molecule has 0 aliphatic rings. The predicted molar refractivity (Wildman–Crippen MR) is 125 cm³/mol. The van der Waals surface area contributed by atoms with E-state index in [2.05, 4.69) is 25.7 Å². The Morgan fingerprint density at radius 1 is 1.06 bits per heavy atom. The molecule has 2 aromatic carbocycles. The largest absolute Gasteiger partial charge is 0.497 e. The van der Waals surface area contributed by atoms with Gasteiger partial charge in [0.15, 0.2) is 11.0 Å². The molecule has 0 bridgehead atoms. The molecule has 1 amide bonds. The number of amides is 1. The van der Waals surface area contributed by atoms with E-state index in [0.717, 1.165) is 32.9 Å². The third-order valence-electron chi connectivity index (χ3n) is 4.74. The van der Waals surface area contributed by atoms with E-state index in [-0.39, 0.29) is 5.91 Å². The zero-order chi connectivity index (χ0) is 22.5. The summed E-state index contributed by atoms with van der Waals surface area (Å²) in [6.07, 6.45) is 0. The Bertz CT molecular complexity index is 1200. The van der Waals surface area contributed by atoms with Gasteiger partial charge in [-0.3, -0.25) is 4.79 Å². The monoisotopic (exact) mass is 466 g/mol. The van der Waals surface area contributed by atoms with E-state index in [1.54, 1.807) is 7.11 Å². The van der Waals surface area contributed by atoms with Gasteiger partial charge in [0.05, 0.1) is 12.9 Å². The molecule has 0 aliphatic heterocycles.